The van der Waals surface area contributed by atoms with Gasteiger partial charge in [0.05, 0.1) is 6.54 Å². The van der Waals surface area contributed by atoms with Gasteiger partial charge >= 0.3 is 0 Å². The standard InChI is InChI=1S/C17H27N3O/c1-13(2)20(11-16-5-4-10-18-16)12-17(21)19-15-8-6-14(3)7-9-15/h6-9,13,16,18H,4-5,10-12H2,1-3H3,(H,19,21). The van der Waals surface area contributed by atoms with Gasteiger partial charge in [0, 0.05) is 24.3 Å². The minimum Gasteiger partial charge on any atom is -0.325 e. The Balaban J connectivity index is 1.86. The SMILES string of the molecule is Cc1ccc(NC(=O)CN(CC2CCCN2)C(C)C)cc1. The van der Waals surface area contributed by atoms with E-state index in [9.17, 15) is 4.79 Å². The third-order valence-corrected chi connectivity index (χ3v) is 4.03. The summed E-state index contributed by atoms with van der Waals surface area (Å²) in [5.41, 5.74) is 2.07. The lowest BCUT2D eigenvalue weighted by Crippen LogP contribution is -2.44. The van der Waals surface area contributed by atoms with Crippen molar-refractivity contribution < 1.29 is 4.79 Å². The van der Waals surface area contributed by atoms with Crippen LogP contribution in [-0.4, -0.2) is 42.5 Å². The van der Waals surface area contributed by atoms with Gasteiger partial charge in [0.2, 0.25) is 5.91 Å². The van der Waals surface area contributed by atoms with Crippen LogP contribution in [-0.2, 0) is 4.79 Å². The smallest absolute Gasteiger partial charge is 0.238 e. The number of hydrogen-bond donors (Lipinski definition) is 2. The molecule has 1 atom stereocenters. The van der Waals surface area contributed by atoms with E-state index in [1.54, 1.807) is 0 Å². The molecule has 0 aromatic heterocycles. The zero-order chi connectivity index (χ0) is 15.2. The average molecular weight is 289 g/mol. The van der Waals surface area contributed by atoms with E-state index in [-0.39, 0.29) is 5.91 Å². The molecule has 116 valence electrons. The van der Waals surface area contributed by atoms with Crippen molar-refractivity contribution in [3.8, 4) is 0 Å². The van der Waals surface area contributed by atoms with E-state index in [1.807, 2.05) is 31.2 Å². The van der Waals surface area contributed by atoms with Gasteiger partial charge in [0.15, 0.2) is 0 Å². The fourth-order valence-corrected chi connectivity index (χ4v) is 2.68. The van der Waals surface area contributed by atoms with Crippen molar-refractivity contribution in [3.05, 3.63) is 29.8 Å². The third-order valence-electron chi connectivity index (χ3n) is 4.03. The van der Waals surface area contributed by atoms with Crippen LogP contribution in [0, 0.1) is 6.92 Å². The number of amides is 1. The van der Waals surface area contributed by atoms with Crippen LogP contribution in [0.25, 0.3) is 0 Å². The van der Waals surface area contributed by atoms with Gasteiger partial charge in [-0.1, -0.05) is 17.7 Å². The van der Waals surface area contributed by atoms with Crippen molar-refractivity contribution in [3.63, 3.8) is 0 Å². The molecule has 1 unspecified atom stereocenters. The maximum atomic E-state index is 12.2. The lowest BCUT2D eigenvalue weighted by molar-refractivity contribution is -0.117. The van der Waals surface area contributed by atoms with Gasteiger partial charge < -0.3 is 10.6 Å². The summed E-state index contributed by atoms with van der Waals surface area (Å²) in [6.45, 7) is 8.83. The monoisotopic (exact) mass is 289 g/mol. The van der Waals surface area contributed by atoms with Crippen molar-refractivity contribution in [2.45, 2.75) is 45.7 Å². The molecule has 2 N–H and O–H groups in total. The Morgan fingerprint density at radius 2 is 2.10 bits per heavy atom. The molecule has 0 aliphatic carbocycles. The molecule has 4 heteroatoms. The van der Waals surface area contributed by atoms with Gasteiger partial charge in [0.25, 0.3) is 0 Å². The number of rotatable bonds is 6. The van der Waals surface area contributed by atoms with E-state index in [4.69, 9.17) is 0 Å². The van der Waals surface area contributed by atoms with Crippen LogP contribution < -0.4 is 10.6 Å². The van der Waals surface area contributed by atoms with Gasteiger partial charge in [0.1, 0.15) is 0 Å². The molecule has 1 aromatic rings. The summed E-state index contributed by atoms with van der Waals surface area (Å²) in [7, 11) is 0. The largest absolute Gasteiger partial charge is 0.325 e. The van der Waals surface area contributed by atoms with Crippen LogP contribution >= 0.6 is 0 Å². The first-order valence-electron chi connectivity index (χ1n) is 7.88. The molecule has 1 fully saturated rings. The van der Waals surface area contributed by atoms with Crippen molar-refractivity contribution in [1.29, 1.82) is 0 Å². The van der Waals surface area contributed by atoms with Gasteiger partial charge in [-0.3, -0.25) is 9.69 Å². The first kappa shape index (κ1) is 16.0. The zero-order valence-corrected chi connectivity index (χ0v) is 13.4. The highest BCUT2D eigenvalue weighted by molar-refractivity contribution is 5.92. The predicted molar refractivity (Wildman–Crippen MR) is 87.5 cm³/mol. The second kappa shape index (κ2) is 7.57. The van der Waals surface area contributed by atoms with Gasteiger partial charge in [-0.25, -0.2) is 0 Å². The Hall–Kier alpha value is -1.39. The highest BCUT2D eigenvalue weighted by atomic mass is 16.2. The van der Waals surface area contributed by atoms with E-state index in [0.29, 0.717) is 18.6 Å². The van der Waals surface area contributed by atoms with Crippen LogP contribution in [0.2, 0.25) is 0 Å². The summed E-state index contributed by atoms with van der Waals surface area (Å²) >= 11 is 0. The second-order valence-corrected chi connectivity index (χ2v) is 6.23. The van der Waals surface area contributed by atoms with Gasteiger partial charge in [-0.05, 0) is 52.3 Å². The quantitative estimate of drug-likeness (QED) is 0.845. The van der Waals surface area contributed by atoms with E-state index in [1.165, 1.54) is 18.4 Å². The third kappa shape index (κ3) is 5.14. The molecule has 21 heavy (non-hydrogen) atoms. The summed E-state index contributed by atoms with van der Waals surface area (Å²) in [4.78, 5) is 14.5. The van der Waals surface area contributed by atoms with Crippen LogP contribution in [0.5, 0.6) is 0 Å². The summed E-state index contributed by atoms with van der Waals surface area (Å²) in [6, 6.07) is 8.82. The molecule has 1 aromatic carbocycles. The van der Waals surface area contributed by atoms with Crippen molar-refractivity contribution in [1.82, 2.24) is 10.2 Å². The Morgan fingerprint density at radius 1 is 1.38 bits per heavy atom. The van der Waals surface area contributed by atoms with E-state index in [0.717, 1.165) is 18.8 Å². The van der Waals surface area contributed by atoms with Crippen molar-refractivity contribution in [2.24, 2.45) is 0 Å². The highest BCUT2D eigenvalue weighted by Crippen LogP contribution is 2.11. The fraction of sp³-hybridized carbons (Fsp3) is 0.588. The number of nitrogens with one attached hydrogen (secondary N) is 2. The number of benzene rings is 1. The van der Waals surface area contributed by atoms with Crippen LogP contribution in [0.4, 0.5) is 5.69 Å². The lowest BCUT2D eigenvalue weighted by Gasteiger charge is -2.28. The number of nitrogens with zero attached hydrogens (tertiary/aromatic N) is 1. The lowest BCUT2D eigenvalue weighted by atomic mass is 10.2. The normalized spacial score (nSPS) is 18.4. The van der Waals surface area contributed by atoms with E-state index < -0.39 is 0 Å². The topological polar surface area (TPSA) is 44.4 Å². The number of carbonyl (C=O) groups excluding carboxylic acids is 1. The highest BCUT2D eigenvalue weighted by Gasteiger charge is 2.21. The molecular formula is C17H27N3O. The molecule has 0 bridgehead atoms. The summed E-state index contributed by atoms with van der Waals surface area (Å²) in [6.07, 6.45) is 2.45. The summed E-state index contributed by atoms with van der Waals surface area (Å²) in [5, 5.41) is 6.48. The molecule has 0 spiro atoms. The summed E-state index contributed by atoms with van der Waals surface area (Å²) in [5.74, 6) is 0.0607. The second-order valence-electron chi connectivity index (χ2n) is 6.23. The Kier molecular flexibility index (Phi) is 5.76. The molecular weight excluding hydrogens is 262 g/mol. The predicted octanol–water partition coefficient (Wildman–Crippen LogP) is 2.40. The zero-order valence-electron chi connectivity index (χ0n) is 13.4. The van der Waals surface area contributed by atoms with Gasteiger partial charge in [-0.2, -0.15) is 0 Å². The molecule has 1 aliphatic heterocycles. The average Bonchev–Trinajstić information content (AvgIpc) is 2.93. The number of carbonyl (C=O) groups is 1. The maximum Gasteiger partial charge on any atom is 0.238 e. The molecule has 1 aliphatic rings. The molecule has 1 amide bonds. The molecule has 4 nitrogen and oxygen atoms in total. The van der Waals surface area contributed by atoms with E-state index >= 15 is 0 Å². The maximum absolute atomic E-state index is 12.2. The molecule has 0 radical (unpaired) electrons. The minimum absolute atomic E-state index is 0.0607. The number of anilines is 1. The van der Waals surface area contributed by atoms with E-state index in [2.05, 4.69) is 29.4 Å². The fourth-order valence-electron chi connectivity index (χ4n) is 2.68. The molecule has 0 saturated carbocycles. The molecule has 1 saturated heterocycles. The molecule has 1 heterocycles. The summed E-state index contributed by atoms with van der Waals surface area (Å²) < 4.78 is 0. The molecule has 2 rings (SSSR count). The minimum atomic E-state index is 0.0607. The van der Waals surface area contributed by atoms with Crippen molar-refractivity contribution >= 4 is 11.6 Å². The Labute approximate surface area is 127 Å². The van der Waals surface area contributed by atoms with Gasteiger partial charge in [-0.15, -0.1) is 0 Å². The van der Waals surface area contributed by atoms with Crippen molar-refractivity contribution in [2.75, 3.05) is 25.0 Å². The first-order chi connectivity index (χ1) is 10.0. The van der Waals surface area contributed by atoms with Crippen LogP contribution in [0.1, 0.15) is 32.3 Å². The first-order valence-corrected chi connectivity index (χ1v) is 7.88. The number of hydrogen-bond acceptors (Lipinski definition) is 3. The van der Waals surface area contributed by atoms with Crippen LogP contribution in [0.3, 0.4) is 0 Å². The Bertz CT molecular complexity index is 450. The van der Waals surface area contributed by atoms with Crippen LogP contribution in [0.15, 0.2) is 24.3 Å². The Morgan fingerprint density at radius 3 is 2.67 bits per heavy atom. The number of aryl methyl sites for hydroxylation is 1.